The number of aromatic amines is 1. The molecular weight excluding hydrogens is 462 g/mol. The van der Waals surface area contributed by atoms with E-state index in [4.69, 9.17) is 14.2 Å². The Kier molecular flexibility index (Phi) is 8.35. The molecule has 2 aromatic carbocycles. The summed E-state index contributed by atoms with van der Waals surface area (Å²) >= 11 is 0. The largest absolute Gasteiger partial charge is 0.465 e. The van der Waals surface area contributed by atoms with Crippen molar-refractivity contribution in [1.29, 1.82) is 0 Å². The lowest BCUT2D eigenvalue weighted by atomic mass is 9.80. The van der Waals surface area contributed by atoms with Crippen LogP contribution in [0.3, 0.4) is 0 Å². The molecule has 0 unspecified atom stereocenters. The molecule has 9 nitrogen and oxygen atoms in total. The lowest BCUT2D eigenvalue weighted by Gasteiger charge is -2.37. The number of esters is 1. The van der Waals surface area contributed by atoms with Crippen LogP contribution in [-0.4, -0.2) is 53.6 Å². The molecule has 3 N–H and O–H groups in total. The molecule has 0 spiro atoms. The molecule has 3 aromatic rings. The maximum atomic E-state index is 13.1. The number of aliphatic hydroxyl groups excluding tert-OH is 1. The Bertz CT molecular complexity index is 1190. The summed E-state index contributed by atoms with van der Waals surface area (Å²) in [7, 11) is 1.34. The van der Waals surface area contributed by atoms with Crippen LogP contribution in [0.4, 0.5) is 0 Å². The van der Waals surface area contributed by atoms with Crippen LogP contribution < -0.4 is 5.32 Å². The fourth-order valence-corrected chi connectivity index (χ4v) is 4.44. The summed E-state index contributed by atoms with van der Waals surface area (Å²) in [4.78, 5) is 32.7. The molecule has 1 aliphatic heterocycles. The van der Waals surface area contributed by atoms with Crippen molar-refractivity contribution in [2.45, 2.75) is 38.5 Å². The molecule has 4 rings (SSSR count). The minimum absolute atomic E-state index is 0.0396. The average molecular weight is 494 g/mol. The maximum absolute atomic E-state index is 13.1. The number of amides is 1. The number of imidazole rings is 1. The Hall–Kier alpha value is -3.69. The Morgan fingerprint density at radius 1 is 1.17 bits per heavy atom. The summed E-state index contributed by atoms with van der Waals surface area (Å²) in [6.45, 7) is 2.52. The summed E-state index contributed by atoms with van der Waals surface area (Å²) in [5, 5.41) is 12.3. The number of benzene rings is 2. The zero-order valence-electron chi connectivity index (χ0n) is 20.4. The third kappa shape index (κ3) is 5.75. The SMILES string of the molecule is CCO[C@H]1OC(C(=O)NCc2nc3ccccc3[nH]2)=C[C@@H](c2ccc(C(=O)OC)cc2)[C@@H]1CCCO. The zero-order valence-corrected chi connectivity index (χ0v) is 20.4. The van der Waals surface area contributed by atoms with E-state index >= 15 is 0 Å². The molecule has 0 fully saturated rings. The number of carbonyl (C=O) groups excluding carboxylic acids is 2. The summed E-state index contributed by atoms with van der Waals surface area (Å²) in [6, 6.07) is 14.7. The number of rotatable bonds is 10. The Labute approximate surface area is 209 Å². The first kappa shape index (κ1) is 25.4. The lowest BCUT2D eigenvalue weighted by Crippen LogP contribution is -2.39. The van der Waals surface area contributed by atoms with Gasteiger partial charge in [0.15, 0.2) is 5.76 Å². The standard InChI is InChI=1S/C27H31N3O6/c1-3-35-27-19(7-6-14-31)20(17-10-12-18(13-11-17)26(33)34-2)15-23(36-27)25(32)28-16-24-29-21-8-4-5-9-22(21)30-24/h4-5,8-13,15,19-20,27,31H,3,6-7,14,16H2,1-2H3,(H,28,32)(H,29,30)/t19-,20-,27-/m0/s1. The molecule has 0 aliphatic carbocycles. The van der Waals surface area contributed by atoms with Crippen molar-refractivity contribution in [3.63, 3.8) is 0 Å². The van der Waals surface area contributed by atoms with E-state index in [1.807, 2.05) is 43.3 Å². The number of para-hydroxylation sites is 2. The number of nitrogens with one attached hydrogen (secondary N) is 2. The van der Waals surface area contributed by atoms with E-state index < -0.39 is 12.3 Å². The fraction of sp³-hybridized carbons (Fsp3) is 0.370. The summed E-state index contributed by atoms with van der Waals surface area (Å²) < 4.78 is 16.7. The molecule has 9 heteroatoms. The first-order valence-electron chi connectivity index (χ1n) is 12.0. The van der Waals surface area contributed by atoms with Gasteiger partial charge in [-0.15, -0.1) is 0 Å². The average Bonchev–Trinajstić information content (AvgIpc) is 3.33. The molecule has 190 valence electrons. The van der Waals surface area contributed by atoms with Crippen LogP contribution in [0.25, 0.3) is 11.0 Å². The van der Waals surface area contributed by atoms with Gasteiger partial charge in [0.1, 0.15) is 5.82 Å². The molecule has 36 heavy (non-hydrogen) atoms. The molecule has 0 saturated carbocycles. The second-order valence-electron chi connectivity index (χ2n) is 8.52. The monoisotopic (exact) mass is 493 g/mol. The van der Waals surface area contributed by atoms with Crippen LogP contribution in [0.2, 0.25) is 0 Å². The minimum Gasteiger partial charge on any atom is -0.465 e. The highest BCUT2D eigenvalue weighted by molar-refractivity contribution is 5.92. The minimum atomic E-state index is -0.663. The third-order valence-corrected chi connectivity index (χ3v) is 6.21. The molecule has 1 amide bonds. The van der Waals surface area contributed by atoms with Crippen LogP contribution >= 0.6 is 0 Å². The number of aliphatic hydroxyl groups is 1. The van der Waals surface area contributed by atoms with Crippen LogP contribution in [0, 0.1) is 5.92 Å². The van der Waals surface area contributed by atoms with Gasteiger partial charge in [0, 0.05) is 25.0 Å². The van der Waals surface area contributed by atoms with E-state index in [2.05, 4.69) is 15.3 Å². The van der Waals surface area contributed by atoms with Gasteiger partial charge >= 0.3 is 5.97 Å². The van der Waals surface area contributed by atoms with Crippen molar-refractivity contribution in [2.24, 2.45) is 5.92 Å². The van der Waals surface area contributed by atoms with Crippen molar-refractivity contribution in [3.8, 4) is 0 Å². The van der Waals surface area contributed by atoms with Gasteiger partial charge in [0.2, 0.25) is 6.29 Å². The number of carbonyl (C=O) groups is 2. The van der Waals surface area contributed by atoms with Crippen molar-refractivity contribution >= 4 is 22.9 Å². The van der Waals surface area contributed by atoms with E-state index in [9.17, 15) is 14.7 Å². The molecule has 1 aromatic heterocycles. The van der Waals surface area contributed by atoms with E-state index in [0.717, 1.165) is 16.6 Å². The molecule has 0 saturated heterocycles. The zero-order chi connectivity index (χ0) is 25.5. The van der Waals surface area contributed by atoms with Gasteiger partial charge in [0.05, 0.1) is 30.3 Å². The highest BCUT2D eigenvalue weighted by atomic mass is 16.7. The quantitative estimate of drug-likeness (QED) is 0.370. The first-order chi connectivity index (χ1) is 17.5. The summed E-state index contributed by atoms with van der Waals surface area (Å²) in [5.74, 6) is -0.353. The molecular formula is C27H31N3O6. The molecule has 0 radical (unpaired) electrons. The fourth-order valence-electron chi connectivity index (χ4n) is 4.44. The van der Waals surface area contributed by atoms with Crippen molar-refractivity contribution in [1.82, 2.24) is 15.3 Å². The van der Waals surface area contributed by atoms with Gasteiger partial charge in [-0.2, -0.15) is 0 Å². The number of hydrogen-bond donors (Lipinski definition) is 3. The predicted molar refractivity (Wildman–Crippen MR) is 133 cm³/mol. The molecule has 2 heterocycles. The number of hydrogen-bond acceptors (Lipinski definition) is 7. The van der Waals surface area contributed by atoms with Gasteiger partial charge in [-0.1, -0.05) is 24.3 Å². The Morgan fingerprint density at radius 3 is 2.64 bits per heavy atom. The van der Waals surface area contributed by atoms with E-state index in [1.54, 1.807) is 18.2 Å². The topological polar surface area (TPSA) is 123 Å². The highest BCUT2D eigenvalue weighted by Gasteiger charge is 2.37. The number of allylic oxidation sites excluding steroid dienone is 1. The van der Waals surface area contributed by atoms with E-state index in [1.165, 1.54) is 7.11 Å². The van der Waals surface area contributed by atoms with Gasteiger partial charge in [0.25, 0.3) is 5.91 Å². The number of ether oxygens (including phenoxy) is 3. The summed E-state index contributed by atoms with van der Waals surface area (Å²) in [6.07, 6.45) is 2.33. The van der Waals surface area contributed by atoms with Gasteiger partial charge in [-0.05, 0) is 55.7 Å². The van der Waals surface area contributed by atoms with Crippen molar-refractivity contribution in [2.75, 3.05) is 20.3 Å². The number of fused-ring (bicyclic) bond motifs is 1. The van der Waals surface area contributed by atoms with E-state index in [-0.39, 0.29) is 36.7 Å². The number of H-pyrrole nitrogens is 1. The van der Waals surface area contributed by atoms with E-state index in [0.29, 0.717) is 30.8 Å². The second kappa shape index (κ2) is 11.8. The van der Waals surface area contributed by atoms with Crippen molar-refractivity contribution < 1.29 is 28.9 Å². The maximum Gasteiger partial charge on any atom is 0.337 e. The van der Waals surface area contributed by atoms with Crippen LogP contribution in [-0.2, 0) is 25.5 Å². The Morgan fingerprint density at radius 2 is 1.94 bits per heavy atom. The molecule has 1 aliphatic rings. The van der Waals surface area contributed by atoms with Crippen molar-refractivity contribution in [3.05, 3.63) is 77.3 Å². The first-order valence-corrected chi connectivity index (χ1v) is 12.0. The van der Waals surface area contributed by atoms with Gasteiger partial charge in [-0.25, -0.2) is 9.78 Å². The summed E-state index contributed by atoms with van der Waals surface area (Å²) in [5.41, 5.74) is 3.07. The van der Waals surface area contributed by atoms with Crippen LogP contribution in [0.15, 0.2) is 60.4 Å². The smallest absolute Gasteiger partial charge is 0.337 e. The lowest BCUT2D eigenvalue weighted by molar-refractivity contribution is -0.166. The number of aromatic nitrogens is 2. The van der Waals surface area contributed by atoms with Gasteiger partial charge < -0.3 is 29.6 Å². The number of methoxy groups -OCH3 is 1. The normalized spacial score (nSPS) is 19.4. The molecule has 0 bridgehead atoms. The third-order valence-electron chi connectivity index (χ3n) is 6.21. The van der Waals surface area contributed by atoms with Gasteiger partial charge in [-0.3, -0.25) is 4.79 Å². The molecule has 3 atom stereocenters. The predicted octanol–water partition coefficient (Wildman–Crippen LogP) is 3.41. The van der Waals surface area contributed by atoms with Crippen LogP contribution in [0.1, 0.15) is 47.4 Å². The number of nitrogens with zero attached hydrogens (tertiary/aromatic N) is 1. The second-order valence-corrected chi connectivity index (χ2v) is 8.52. The van der Waals surface area contributed by atoms with Crippen LogP contribution in [0.5, 0.6) is 0 Å². The highest BCUT2D eigenvalue weighted by Crippen LogP contribution is 2.39. The Balaban J connectivity index is 1.58.